The van der Waals surface area contributed by atoms with Crippen LogP contribution in [0.4, 0.5) is 11.4 Å². The van der Waals surface area contributed by atoms with Crippen molar-refractivity contribution in [3.8, 4) is 0 Å². The van der Waals surface area contributed by atoms with Crippen molar-refractivity contribution < 1.29 is 9.72 Å². The van der Waals surface area contributed by atoms with E-state index in [1.54, 1.807) is 6.20 Å². The molecule has 0 atom stereocenters. The third kappa shape index (κ3) is 2.58. The Kier molecular flexibility index (Phi) is 3.65. The van der Waals surface area contributed by atoms with Gasteiger partial charge in [-0.1, -0.05) is 6.07 Å². The number of rotatable bonds is 4. The Morgan fingerprint density at radius 3 is 2.90 bits per heavy atom. The number of anilines is 1. The molecule has 0 aliphatic rings. The molecule has 0 radical (unpaired) electrons. The van der Waals surface area contributed by atoms with Gasteiger partial charge in [0.15, 0.2) is 0 Å². The molecule has 1 aromatic heterocycles. The molecule has 20 heavy (non-hydrogen) atoms. The normalized spacial score (nSPS) is 10.2. The molecule has 0 saturated heterocycles. The highest BCUT2D eigenvalue weighted by atomic mass is 16.6. The second kappa shape index (κ2) is 5.39. The van der Waals surface area contributed by atoms with Crippen LogP contribution in [0.15, 0.2) is 24.4 Å². The van der Waals surface area contributed by atoms with Crippen LogP contribution in [0, 0.1) is 17.0 Å². The molecule has 2 rings (SSSR count). The zero-order valence-electron chi connectivity index (χ0n) is 10.7. The van der Waals surface area contributed by atoms with Crippen LogP contribution >= 0.6 is 0 Å². The number of aromatic amines is 1. The number of nitro groups is 1. The van der Waals surface area contributed by atoms with Crippen molar-refractivity contribution in [2.24, 2.45) is 0 Å². The topological polar surface area (TPSA) is 127 Å². The summed E-state index contributed by atoms with van der Waals surface area (Å²) < 4.78 is 0. The van der Waals surface area contributed by atoms with Crippen molar-refractivity contribution in [3.05, 3.63) is 51.3 Å². The van der Waals surface area contributed by atoms with E-state index in [9.17, 15) is 14.9 Å². The number of carbonyl (C=O) groups excluding carboxylic acids is 1. The standard InChI is InChI=1S/C12H13N5O3/c1-7-8(6-15-16-7)5-14-12(18)9-3-2-4-10(11(9)13)17(19)20/h2-4,6H,5,13H2,1H3,(H,14,18)(H,15,16). The van der Waals surface area contributed by atoms with Crippen molar-refractivity contribution in [1.29, 1.82) is 0 Å². The number of para-hydroxylation sites is 1. The first kappa shape index (κ1) is 13.5. The van der Waals surface area contributed by atoms with Crippen LogP contribution < -0.4 is 11.1 Å². The van der Waals surface area contributed by atoms with Gasteiger partial charge in [-0.2, -0.15) is 5.10 Å². The van der Waals surface area contributed by atoms with Crippen LogP contribution in [-0.4, -0.2) is 21.0 Å². The lowest BCUT2D eigenvalue weighted by molar-refractivity contribution is -0.383. The first-order valence-electron chi connectivity index (χ1n) is 5.80. The third-order valence-corrected chi connectivity index (χ3v) is 2.90. The molecule has 1 heterocycles. The maximum Gasteiger partial charge on any atom is 0.292 e. The molecule has 0 spiro atoms. The van der Waals surface area contributed by atoms with E-state index in [2.05, 4.69) is 15.5 Å². The van der Waals surface area contributed by atoms with Gasteiger partial charge in [-0.15, -0.1) is 0 Å². The molecule has 0 bridgehead atoms. The molecule has 1 aromatic carbocycles. The summed E-state index contributed by atoms with van der Waals surface area (Å²) in [7, 11) is 0. The van der Waals surface area contributed by atoms with Gasteiger partial charge in [-0.05, 0) is 13.0 Å². The van der Waals surface area contributed by atoms with E-state index >= 15 is 0 Å². The van der Waals surface area contributed by atoms with Crippen LogP contribution in [0.5, 0.6) is 0 Å². The number of amides is 1. The van der Waals surface area contributed by atoms with Gasteiger partial charge in [-0.3, -0.25) is 20.0 Å². The largest absolute Gasteiger partial charge is 0.393 e. The Hall–Kier alpha value is -2.90. The number of H-pyrrole nitrogens is 1. The van der Waals surface area contributed by atoms with Gasteiger partial charge in [0.1, 0.15) is 5.69 Å². The monoisotopic (exact) mass is 275 g/mol. The highest BCUT2D eigenvalue weighted by Crippen LogP contribution is 2.24. The number of nitrogens with two attached hydrogens (primary N) is 1. The number of aromatic nitrogens is 2. The van der Waals surface area contributed by atoms with Gasteiger partial charge < -0.3 is 11.1 Å². The summed E-state index contributed by atoms with van der Waals surface area (Å²) in [5.74, 6) is -0.466. The summed E-state index contributed by atoms with van der Waals surface area (Å²) >= 11 is 0. The number of nitrogen functional groups attached to an aromatic ring is 1. The van der Waals surface area contributed by atoms with Crippen LogP contribution in [-0.2, 0) is 6.54 Å². The lowest BCUT2D eigenvalue weighted by Gasteiger charge is -2.07. The van der Waals surface area contributed by atoms with E-state index in [1.165, 1.54) is 18.2 Å². The van der Waals surface area contributed by atoms with E-state index in [0.29, 0.717) is 0 Å². The minimum Gasteiger partial charge on any atom is -0.393 e. The number of carbonyl (C=O) groups is 1. The summed E-state index contributed by atoms with van der Waals surface area (Å²) in [5, 5.41) is 20.0. The predicted molar refractivity (Wildman–Crippen MR) is 72.0 cm³/mol. The molecule has 0 aliphatic heterocycles. The minimum absolute atomic E-state index is 0.0837. The fourth-order valence-corrected chi connectivity index (χ4v) is 1.73. The SMILES string of the molecule is Cc1[nH]ncc1CNC(=O)c1cccc([N+](=O)[O-])c1N. The Balaban J connectivity index is 2.16. The smallest absolute Gasteiger partial charge is 0.292 e. The molecule has 104 valence electrons. The molecule has 0 unspecified atom stereocenters. The van der Waals surface area contributed by atoms with Crippen LogP contribution in [0.3, 0.4) is 0 Å². The maximum atomic E-state index is 12.0. The maximum absolute atomic E-state index is 12.0. The molecule has 2 aromatic rings. The van der Waals surface area contributed by atoms with E-state index < -0.39 is 10.8 Å². The van der Waals surface area contributed by atoms with Gasteiger partial charge in [0.2, 0.25) is 0 Å². The fourth-order valence-electron chi connectivity index (χ4n) is 1.73. The zero-order chi connectivity index (χ0) is 14.7. The molecule has 0 aliphatic carbocycles. The Bertz CT molecular complexity index is 665. The Morgan fingerprint density at radius 2 is 2.30 bits per heavy atom. The second-order valence-corrected chi connectivity index (χ2v) is 4.20. The zero-order valence-corrected chi connectivity index (χ0v) is 10.7. The van der Waals surface area contributed by atoms with Crippen LogP contribution in [0.2, 0.25) is 0 Å². The quantitative estimate of drug-likeness (QED) is 0.438. The van der Waals surface area contributed by atoms with Crippen molar-refractivity contribution in [2.45, 2.75) is 13.5 Å². The van der Waals surface area contributed by atoms with Crippen molar-refractivity contribution >= 4 is 17.3 Å². The average Bonchev–Trinajstić information content (AvgIpc) is 2.81. The number of aryl methyl sites for hydroxylation is 1. The molecule has 0 fully saturated rings. The number of nitrogens with one attached hydrogen (secondary N) is 2. The highest BCUT2D eigenvalue weighted by molar-refractivity contribution is 6.00. The summed E-state index contributed by atoms with van der Waals surface area (Å²) in [6, 6.07) is 4.12. The summed E-state index contributed by atoms with van der Waals surface area (Å²) in [4.78, 5) is 22.2. The van der Waals surface area contributed by atoms with Gasteiger partial charge >= 0.3 is 0 Å². The number of benzene rings is 1. The molecule has 4 N–H and O–H groups in total. The fraction of sp³-hybridized carbons (Fsp3) is 0.167. The molecule has 1 amide bonds. The number of nitro benzene ring substituents is 1. The van der Waals surface area contributed by atoms with E-state index in [4.69, 9.17) is 5.73 Å². The van der Waals surface area contributed by atoms with E-state index in [1.807, 2.05) is 6.92 Å². The first-order valence-corrected chi connectivity index (χ1v) is 5.80. The number of nitrogens with zero attached hydrogens (tertiary/aromatic N) is 2. The number of hydrogen-bond donors (Lipinski definition) is 3. The minimum atomic E-state index is -0.619. The van der Waals surface area contributed by atoms with E-state index in [-0.39, 0.29) is 23.5 Å². The van der Waals surface area contributed by atoms with E-state index in [0.717, 1.165) is 11.3 Å². The molecular formula is C12H13N5O3. The van der Waals surface area contributed by atoms with Gasteiger partial charge in [0.05, 0.1) is 16.7 Å². The predicted octanol–water partition coefficient (Wildman–Crippen LogP) is 1.14. The summed E-state index contributed by atoms with van der Waals surface area (Å²) in [6.07, 6.45) is 1.60. The van der Waals surface area contributed by atoms with Crippen molar-refractivity contribution in [3.63, 3.8) is 0 Å². The Morgan fingerprint density at radius 1 is 1.55 bits per heavy atom. The summed E-state index contributed by atoms with van der Waals surface area (Å²) in [5.41, 5.74) is 6.99. The third-order valence-electron chi connectivity index (χ3n) is 2.90. The van der Waals surface area contributed by atoms with Gasteiger partial charge in [-0.25, -0.2) is 0 Å². The Labute approximate surface area is 114 Å². The lowest BCUT2D eigenvalue weighted by atomic mass is 10.1. The van der Waals surface area contributed by atoms with Crippen molar-refractivity contribution in [1.82, 2.24) is 15.5 Å². The average molecular weight is 275 g/mol. The summed E-state index contributed by atoms with van der Waals surface area (Å²) in [6.45, 7) is 2.10. The molecule has 8 heteroatoms. The number of hydrogen-bond acceptors (Lipinski definition) is 5. The first-order chi connectivity index (χ1) is 9.50. The van der Waals surface area contributed by atoms with Crippen LogP contribution in [0.25, 0.3) is 0 Å². The molecule has 0 saturated carbocycles. The van der Waals surface area contributed by atoms with Crippen molar-refractivity contribution in [2.75, 3.05) is 5.73 Å². The van der Waals surface area contributed by atoms with Crippen LogP contribution in [0.1, 0.15) is 21.6 Å². The van der Waals surface area contributed by atoms with Gasteiger partial charge in [0, 0.05) is 23.9 Å². The lowest BCUT2D eigenvalue weighted by Crippen LogP contribution is -2.24. The second-order valence-electron chi connectivity index (χ2n) is 4.20. The van der Waals surface area contributed by atoms with Gasteiger partial charge in [0.25, 0.3) is 11.6 Å². The highest BCUT2D eigenvalue weighted by Gasteiger charge is 2.18. The molecule has 8 nitrogen and oxygen atoms in total. The molecular weight excluding hydrogens is 262 g/mol.